The van der Waals surface area contributed by atoms with Gasteiger partial charge in [0.15, 0.2) is 5.92 Å². The van der Waals surface area contributed by atoms with Crippen LogP contribution in [0.3, 0.4) is 0 Å². The summed E-state index contributed by atoms with van der Waals surface area (Å²) < 4.78 is 11.7. The van der Waals surface area contributed by atoms with E-state index in [2.05, 4.69) is 4.98 Å². The van der Waals surface area contributed by atoms with Gasteiger partial charge in [-0.05, 0) is 62.3 Å². The van der Waals surface area contributed by atoms with Gasteiger partial charge in [0.25, 0.3) is 0 Å². The second-order valence-electron chi connectivity index (χ2n) is 8.01. The predicted octanol–water partition coefficient (Wildman–Crippen LogP) is 4.23. The third-order valence-corrected chi connectivity index (χ3v) is 6.14. The van der Waals surface area contributed by atoms with E-state index in [0.29, 0.717) is 38.2 Å². The van der Waals surface area contributed by atoms with Crippen molar-refractivity contribution in [3.05, 3.63) is 65.3 Å². The van der Waals surface area contributed by atoms with Crippen LogP contribution in [0.2, 0.25) is 0 Å². The number of allylic oxidation sites excluding steroid dienone is 3. The van der Waals surface area contributed by atoms with E-state index in [9.17, 15) is 19.8 Å². The van der Waals surface area contributed by atoms with E-state index >= 15 is 0 Å². The van der Waals surface area contributed by atoms with Crippen LogP contribution in [0.4, 0.5) is 0 Å². The number of aryl methyl sites for hydroxylation is 1. The number of hydrogen-bond donors (Lipinski definition) is 2. The summed E-state index contributed by atoms with van der Waals surface area (Å²) in [5, 5.41) is 18.6. The number of aromatic nitrogens is 1. The van der Waals surface area contributed by atoms with Crippen molar-refractivity contribution >= 4 is 11.9 Å². The molecule has 0 bridgehead atoms. The number of aliphatic carboxylic acids is 2. The molecule has 0 spiro atoms. The summed E-state index contributed by atoms with van der Waals surface area (Å²) in [6, 6.07) is 9.73. The maximum Gasteiger partial charge on any atom is 0.318 e. The van der Waals surface area contributed by atoms with E-state index in [0.717, 1.165) is 28.3 Å². The van der Waals surface area contributed by atoms with Gasteiger partial charge in [-0.25, -0.2) is 4.98 Å². The topological polar surface area (TPSA) is 110 Å². The summed E-state index contributed by atoms with van der Waals surface area (Å²) >= 11 is 0. The maximum atomic E-state index is 11.4. The molecule has 7 heteroatoms. The minimum absolute atomic E-state index is 0.0456. The van der Waals surface area contributed by atoms with Gasteiger partial charge in [-0.2, -0.15) is 0 Å². The second-order valence-corrected chi connectivity index (χ2v) is 8.01. The molecule has 0 amide bonds. The quantitative estimate of drug-likeness (QED) is 0.611. The molecule has 1 fully saturated rings. The first kappa shape index (κ1) is 20.9. The van der Waals surface area contributed by atoms with Crippen molar-refractivity contribution < 1.29 is 29.0 Å². The molecule has 1 heterocycles. The molecule has 2 unspecified atom stereocenters. The lowest BCUT2D eigenvalue weighted by atomic mass is 9.79. The van der Waals surface area contributed by atoms with Crippen LogP contribution in [0.25, 0.3) is 11.5 Å². The third-order valence-electron chi connectivity index (χ3n) is 6.14. The van der Waals surface area contributed by atoms with Crippen LogP contribution in [0.1, 0.15) is 30.7 Å². The van der Waals surface area contributed by atoms with Gasteiger partial charge in [-0.3, -0.25) is 9.59 Å². The van der Waals surface area contributed by atoms with E-state index in [1.807, 2.05) is 49.4 Å². The Kier molecular flexibility index (Phi) is 5.93. The highest BCUT2D eigenvalue weighted by molar-refractivity contribution is 5.93. The number of nitrogens with zero attached hydrogens (tertiary/aromatic N) is 1. The predicted molar refractivity (Wildman–Crippen MR) is 112 cm³/mol. The molecule has 2 aliphatic carbocycles. The van der Waals surface area contributed by atoms with Crippen molar-refractivity contribution in [1.29, 1.82) is 0 Å². The van der Waals surface area contributed by atoms with Crippen molar-refractivity contribution in [3.63, 3.8) is 0 Å². The van der Waals surface area contributed by atoms with Crippen LogP contribution in [0.15, 0.2) is 58.2 Å². The van der Waals surface area contributed by atoms with Gasteiger partial charge in [0.05, 0.1) is 12.3 Å². The Hall–Kier alpha value is -3.35. The molecule has 4 rings (SSSR count). The van der Waals surface area contributed by atoms with Gasteiger partial charge in [-0.1, -0.05) is 23.8 Å². The lowest BCUT2D eigenvalue weighted by Crippen LogP contribution is -2.33. The highest BCUT2D eigenvalue weighted by Crippen LogP contribution is 2.45. The third kappa shape index (κ3) is 4.40. The first-order valence-electron chi connectivity index (χ1n) is 10.4. The van der Waals surface area contributed by atoms with Crippen molar-refractivity contribution in [2.75, 3.05) is 6.61 Å². The van der Waals surface area contributed by atoms with Gasteiger partial charge in [-0.15, -0.1) is 0 Å². The number of ether oxygens (including phenoxy) is 1. The van der Waals surface area contributed by atoms with Crippen LogP contribution in [0, 0.1) is 24.7 Å². The number of carboxylic acid groups (broad SMARTS) is 2. The summed E-state index contributed by atoms with van der Waals surface area (Å²) in [5.41, 5.74) is 2.87. The molecule has 1 saturated carbocycles. The smallest absolute Gasteiger partial charge is 0.318 e. The van der Waals surface area contributed by atoms with E-state index in [-0.39, 0.29) is 11.8 Å². The van der Waals surface area contributed by atoms with Gasteiger partial charge in [0.2, 0.25) is 5.89 Å². The van der Waals surface area contributed by atoms with Gasteiger partial charge < -0.3 is 19.4 Å². The molecule has 0 radical (unpaired) electrons. The summed E-state index contributed by atoms with van der Waals surface area (Å²) in [7, 11) is 0. The van der Waals surface area contributed by atoms with Crippen LogP contribution in [0.5, 0.6) is 0 Å². The summed E-state index contributed by atoms with van der Waals surface area (Å²) in [6.07, 6.45) is 6.36. The summed E-state index contributed by atoms with van der Waals surface area (Å²) in [6.45, 7) is 2.33. The molecule has 2 aliphatic rings. The number of benzene rings is 1. The maximum absolute atomic E-state index is 11.4. The van der Waals surface area contributed by atoms with Gasteiger partial charge in [0.1, 0.15) is 11.5 Å². The van der Waals surface area contributed by atoms with Crippen molar-refractivity contribution in [1.82, 2.24) is 4.98 Å². The van der Waals surface area contributed by atoms with Crippen molar-refractivity contribution in [2.45, 2.75) is 32.6 Å². The van der Waals surface area contributed by atoms with E-state index in [1.165, 1.54) is 0 Å². The molecule has 1 aromatic carbocycles. The van der Waals surface area contributed by atoms with Crippen LogP contribution < -0.4 is 0 Å². The zero-order valence-electron chi connectivity index (χ0n) is 17.3. The summed E-state index contributed by atoms with van der Waals surface area (Å²) in [4.78, 5) is 27.4. The Labute approximate surface area is 180 Å². The highest BCUT2D eigenvalue weighted by Gasteiger charge is 2.44. The van der Waals surface area contributed by atoms with Crippen molar-refractivity contribution in [3.8, 4) is 11.5 Å². The average molecular weight is 423 g/mol. The lowest BCUT2D eigenvalue weighted by molar-refractivity contribution is -0.157. The Morgan fingerprint density at radius 1 is 1.23 bits per heavy atom. The van der Waals surface area contributed by atoms with E-state index in [4.69, 9.17) is 9.15 Å². The number of fused-ring (bicyclic) bond motifs is 1. The first-order chi connectivity index (χ1) is 14.9. The fourth-order valence-electron chi connectivity index (χ4n) is 4.59. The van der Waals surface area contributed by atoms with Crippen molar-refractivity contribution in [2.24, 2.45) is 17.8 Å². The SMILES string of the molecule is Cc1oc(-c2ccccc2)nc1CCOC1=CCC2C(=C1)CCC2C(C(=O)O)C(=O)O. The molecule has 0 aliphatic heterocycles. The van der Waals surface area contributed by atoms with Crippen LogP contribution >= 0.6 is 0 Å². The van der Waals surface area contributed by atoms with E-state index < -0.39 is 17.9 Å². The Bertz CT molecular complexity index is 1020. The Morgan fingerprint density at radius 3 is 2.68 bits per heavy atom. The second kappa shape index (κ2) is 8.79. The molecule has 1 aromatic heterocycles. The fraction of sp³-hybridized carbons (Fsp3) is 0.375. The number of carbonyl (C=O) groups is 2. The minimum atomic E-state index is -1.36. The normalized spacial score (nSPS) is 20.2. The molecule has 2 atom stereocenters. The van der Waals surface area contributed by atoms with E-state index in [1.54, 1.807) is 0 Å². The fourth-order valence-corrected chi connectivity index (χ4v) is 4.59. The monoisotopic (exact) mass is 423 g/mol. The molecular weight excluding hydrogens is 398 g/mol. The molecule has 31 heavy (non-hydrogen) atoms. The number of carboxylic acids is 2. The van der Waals surface area contributed by atoms with Crippen LogP contribution in [-0.2, 0) is 20.7 Å². The number of hydrogen-bond acceptors (Lipinski definition) is 5. The number of oxazole rings is 1. The van der Waals surface area contributed by atoms with Gasteiger partial charge >= 0.3 is 11.9 Å². The largest absolute Gasteiger partial charge is 0.494 e. The molecule has 7 nitrogen and oxygen atoms in total. The molecule has 2 N–H and O–H groups in total. The Morgan fingerprint density at radius 2 is 1.97 bits per heavy atom. The Balaban J connectivity index is 1.35. The van der Waals surface area contributed by atoms with Gasteiger partial charge in [0, 0.05) is 12.0 Å². The first-order valence-corrected chi connectivity index (χ1v) is 10.4. The molecule has 0 saturated heterocycles. The zero-order chi connectivity index (χ0) is 22.0. The standard InChI is InChI=1S/C24H25NO6/c1-14-20(25-22(31-14)15-5-3-2-4-6-15)11-12-30-17-8-10-18-16(13-17)7-9-19(18)21(23(26)27)24(28)29/h2-6,8,13,18-19,21H,7,9-12H2,1H3,(H,26,27)(H,28,29). The molecular formula is C24H25NO6. The molecule has 2 aromatic rings. The molecule has 162 valence electrons. The minimum Gasteiger partial charge on any atom is -0.494 e. The highest BCUT2D eigenvalue weighted by atomic mass is 16.5. The lowest BCUT2D eigenvalue weighted by Gasteiger charge is -2.25. The average Bonchev–Trinajstić information content (AvgIpc) is 3.32. The van der Waals surface area contributed by atoms with Crippen LogP contribution in [-0.4, -0.2) is 33.7 Å². The summed E-state index contributed by atoms with van der Waals surface area (Å²) in [5.74, 6) is -2.20. The zero-order valence-corrected chi connectivity index (χ0v) is 17.3. The number of rotatable bonds is 8.